The lowest BCUT2D eigenvalue weighted by Gasteiger charge is -2.29. The predicted molar refractivity (Wildman–Crippen MR) is 98.0 cm³/mol. The van der Waals surface area contributed by atoms with Crippen LogP contribution in [0, 0.1) is 5.92 Å². The van der Waals surface area contributed by atoms with Crippen molar-refractivity contribution in [3.8, 4) is 0 Å². The van der Waals surface area contributed by atoms with Crippen LogP contribution in [0.15, 0.2) is 0 Å². The van der Waals surface area contributed by atoms with Crippen molar-refractivity contribution in [1.82, 2.24) is 10.2 Å². The van der Waals surface area contributed by atoms with Gasteiger partial charge < -0.3 is 15.0 Å². The zero-order chi connectivity index (χ0) is 19.6. The lowest BCUT2D eigenvalue weighted by Crippen LogP contribution is -2.53. The summed E-state index contributed by atoms with van der Waals surface area (Å²) >= 11 is 0.880. The van der Waals surface area contributed by atoms with Gasteiger partial charge in [0.2, 0.25) is 11.8 Å². The number of rotatable bonds is 10. The molecule has 0 aromatic carbocycles. The average molecular weight is 375 g/mol. The fraction of sp³-hybridized carbons (Fsp3) is 0.765. The number of likely N-dealkylation sites (N-methyl/N-ethyl adjacent to an activating group) is 1. The van der Waals surface area contributed by atoms with Crippen molar-refractivity contribution in [2.75, 3.05) is 19.7 Å². The first-order valence-electron chi connectivity index (χ1n) is 8.62. The molecule has 0 aliphatic rings. The van der Waals surface area contributed by atoms with Crippen LogP contribution < -0.4 is 5.32 Å². The van der Waals surface area contributed by atoms with Crippen molar-refractivity contribution >= 4 is 34.7 Å². The van der Waals surface area contributed by atoms with Crippen LogP contribution in [0.25, 0.3) is 0 Å². The zero-order valence-corrected chi connectivity index (χ0v) is 16.8. The third kappa shape index (κ3) is 8.38. The van der Waals surface area contributed by atoms with Gasteiger partial charge in [0.1, 0.15) is 12.5 Å². The Morgan fingerprint density at radius 3 is 2.04 bits per heavy atom. The van der Waals surface area contributed by atoms with Crippen molar-refractivity contribution in [2.24, 2.45) is 5.92 Å². The molecule has 0 bridgehead atoms. The van der Waals surface area contributed by atoms with Crippen LogP contribution in [0.3, 0.4) is 0 Å². The Bertz CT molecular complexity index is 478. The molecule has 0 rings (SSSR count). The van der Waals surface area contributed by atoms with E-state index in [1.165, 1.54) is 0 Å². The van der Waals surface area contributed by atoms with Crippen molar-refractivity contribution < 1.29 is 23.9 Å². The smallest absolute Gasteiger partial charge is 0.314 e. The molecule has 2 atom stereocenters. The summed E-state index contributed by atoms with van der Waals surface area (Å²) in [5.41, 5.74) is 0. The molecule has 0 saturated heterocycles. The quantitative estimate of drug-likeness (QED) is 0.461. The molecule has 1 N–H and O–H groups in total. The van der Waals surface area contributed by atoms with Crippen molar-refractivity contribution in [3.05, 3.63) is 0 Å². The van der Waals surface area contributed by atoms with Crippen molar-refractivity contribution in [3.63, 3.8) is 0 Å². The molecule has 0 aliphatic heterocycles. The highest BCUT2D eigenvalue weighted by atomic mass is 32.2. The van der Waals surface area contributed by atoms with E-state index in [1.807, 2.05) is 13.8 Å². The molecule has 2 unspecified atom stereocenters. The highest BCUT2D eigenvalue weighted by Gasteiger charge is 2.32. The summed E-state index contributed by atoms with van der Waals surface area (Å²) in [6.45, 7) is 11.8. The summed E-state index contributed by atoms with van der Waals surface area (Å²) in [5.74, 6) is -1.36. The molecule has 0 aromatic heterocycles. The largest absolute Gasteiger partial charge is 0.466 e. The first kappa shape index (κ1) is 23.4. The summed E-state index contributed by atoms with van der Waals surface area (Å²) in [6, 6.07) is -0.828. The van der Waals surface area contributed by atoms with E-state index in [0.717, 1.165) is 11.8 Å². The fourth-order valence-electron chi connectivity index (χ4n) is 2.08. The molecular weight excluding hydrogens is 344 g/mol. The van der Waals surface area contributed by atoms with Crippen molar-refractivity contribution in [2.45, 2.75) is 59.3 Å². The molecule has 0 aromatic rings. The fourth-order valence-corrected chi connectivity index (χ4v) is 3.02. The van der Waals surface area contributed by atoms with E-state index in [1.54, 1.807) is 32.6 Å². The van der Waals surface area contributed by atoms with Gasteiger partial charge in [-0.15, -0.1) is 0 Å². The van der Waals surface area contributed by atoms with Crippen LogP contribution in [0.2, 0.25) is 0 Å². The van der Waals surface area contributed by atoms with Crippen LogP contribution in [0.1, 0.15) is 48.0 Å². The molecule has 0 radical (unpaired) electrons. The number of nitrogens with one attached hydrogen (secondary N) is 1. The van der Waals surface area contributed by atoms with E-state index in [2.05, 4.69) is 5.32 Å². The number of ether oxygens (including phenoxy) is 1. The lowest BCUT2D eigenvalue weighted by atomic mass is 10.1. The molecule has 0 spiro atoms. The molecule has 7 nitrogen and oxygen atoms in total. The van der Waals surface area contributed by atoms with Gasteiger partial charge in [-0.1, -0.05) is 32.5 Å². The van der Waals surface area contributed by atoms with E-state index in [0.29, 0.717) is 13.1 Å². The van der Waals surface area contributed by atoms with E-state index in [4.69, 9.17) is 4.74 Å². The van der Waals surface area contributed by atoms with Gasteiger partial charge in [-0.25, -0.2) is 0 Å². The Hall–Kier alpha value is -1.57. The Labute approximate surface area is 154 Å². The van der Waals surface area contributed by atoms with E-state index in [9.17, 15) is 19.2 Å². The van der Waals surface area contributed by atoms with Gasteiger partial charge in [-0.05, 0) is 20.8 Å². The zero-order valence-electron chi connectivity index (χ0n) is 16.0. The number of carbonyl (C=O) groups excluding carboxylic acids is 4. The van der Waals surface area contributed by atoms with Crippen LogP contribution in [-0.4, -0.2) is 58.8 Å². The Morgan fingerprint density at radius 1 is 1.04 bits per heavy atom. The van der Waals surface area contributed by atoms with E-state index in [-0.39, 0.29) is 35.9 Å². The van der Waals surface area contributed by atoms with Gasteiger partial charge in [0, 0.05) is 24.3 Å². The van der Waals surface area contributed by atoms with Crippen LogP contribution >= 0.6 is 11.8 Å². The number of nitrogens with zero attached hydrogens (tertiary/aromatic N) is 1. The highest BCUT2D eigenvalue weighted by molar-refractivity contribution is 8.14. The minimum absolute atomic E-state index is 0.208. The molecule has 0 aliphatic carbocycles. The van der Waals surface area contributed by atoms with Gasteiger partial charge in [0.15, 0.2) is 5.12 Å². The Kier molecular flexibility index (Phi) is 11.1. The summed E-state index contributed by atoms with van der Waals surface area (Å²) in [5, 5.41) is 1.84. The number of esters is 1. The summed E-state index contributed by atoms with van der Waals surface area (Å²) in [4.78, 5) is 49.8. The summed E-state index contributed by atoms with van der Waals surface area (Å²) in [7, 11) is 0. The number of hydrogen-bond acceptors (Lipinski definition) is 6. The topological polar surface area (TPSA) is 92.8 Å². The van der Waals surface area contributed by atoms with E-state index >= 15 is 0 Å². The maximum absolute atomic E-state index is 12.7. The third-order valence-electron chi connectivity index (χ3n) is 3.54. The number of thioether (sulfide) groups is 1. The van der Waals surface area contributed by atoms with Crippen LogP contribution in [0.4, 0.5) is 0 Å². The Balaban J connectivity index is 5.11. The molecule has 0 fully saturated rings. The molecular formula is C17H30N2O5S. The van der Waals surface area contributed by atoms with Crippen LogP contribution in [-0.2, 0) is 23.9 Å². The molecule has 8 heteroatoms. The van der Waals surface area contributed by atoms with E-state index < -0.39 is 17.3 Å². The Morgan fingerprint density at radius 2 is 1.60 bits per heavy atom. The standard InChI is InChI=1S/C17H30N2O5S/c1-7-19(8-2)17(23)15(18-16(22)11(4)5)12(6)25-14(21)10-13(20)24-9-3/h11-12,15H,7-10H2,1-6H3,(H,18,22). The first-order valence-corrected chi connectivity index (χ1v) is 9.49. The monoisotopic (exact) mass is 374 g/mol. The predicted octanol–water partition coefficient (Wildman–Crippen LogP) is 1.60. The number of carbonyl (C=O) groups is 4. The highest BCUT2D eigenvalue weighted by Crippen LogP contribution is 2.19. The van der Waals surface area contributed by atoms with Gasteiger partial charge in [-0.2, -0.15) is 0 Å². The maximum atomic E-state index is 12.7. The second-order valence-corrected chi connectivity index (χ2v) is 7.26. The summed E-state index contributed by atoms with van der Waals surface area (Å²) in [6.07, 6.45) is -0.354. The molecule has 2 amide bonds. The SMILES string of the molecule is CCOC(=O)CC(=O)SC(C)C(NC(=O)C(C)C)C(=O)N(CC)CC. The third-order valence-corrected chi connectivity index (χ3v) is 4.60. The summed E-state index contributed by atoms with van der Waals surface area (Å²) < 4.78 is 4.75. The first-order chi connectivity index (χ1) is 11.7. The maximum Gasteiger partial charge on any atom is 0.314 e. The van der Waals surface area contributed by atoms with Crippen molar-refractivity contribution in [1.29, 1.82) is 0 Å². The number of hydrogen-bond donors (Lipinski definition) is 1. The molecule has 144 valence electrons. The van der Waals surface area contributed by atoms with Crippen LogP contribution in [0.5, 0.6) is 0 Å². The van der Waals surface area contributed by atoms with Gasteiger partial charge in [-0.3, -0.25) is 19.2 Å². The van der Waals surface area contributed by atoms with Gasteiger partial charge in [0.25, 0.3) is 0 Å². The van der Waals surface area contributed by atoms with Gasteiger partial charge >= 0.3 is 5.97 Å². The second-order valence-electron chi connectivity index (χ2n) is 5.83. The lowest BCUT2D eigenvalue weighted by molar-refractivity contribution is -0.144. The molecule has 0 heterocycles. The minimum Gasteiger partial charge on any atom is -0.466 e. The minimum atomic E-state index is -0.828. The second kappa shape index (κ2) is 11.9. The molecule has 25 heavy (non-hydrogen) atoms. The normalized spacial score (nSPS) is 13.1. The average Bonchev–Trinajstić information content (AvgIpc) is 2.52. The molecule has 0 saturated carbocycles. The van der Waals surface area contributed by atoms with Gasteiger partial charge in [0.05, 0.1) is 6.61 Å². The number of amides is 2.